The molecule has 35 heavy (non-hydrogen) atoms. The summed E-state index contributed by atoms with van der Waals surface area (Å²) in [7, 11) is 0. The molecule has 3 aromatic carbocycles. The number of rotatable bonds is 12. The molecule has 3 rings (SSSR count). The first-order chi connectivity index (χ1) is 17.0. The second kappa shape index (κ2) is 13.9. The van der Waals surface area contributed by atoms with Gasteiger partial charge in [0.05, 0.1) is 0 Å². The quantitative estimate of drug-likeness (QED) is 0.235. The highest BCUT2D eigenvalue weighted by atomic mass is 35.5. The van der Waals surface area contributed by atoms with Gasteiger partial charge in [0.25, 0.3) is 0 Å². The summed E-state index contributed by atoms with van der Waals surface area (Å²) in [6, 6.07) is 22.7. The summed E-state index contributed by atoms with van der Waals surface area (Å²) in [6.07, 6.45) is 1.38. The largest absolute Gasteiger partial charge is 0.355 e. The first-order valence-electron chi connectivity index (χ1n) is 11.7. The molecule has 0 bridgehead atoms. The van der Waals surface area contributed by atoms with Crippen LogP contribution in [-0.2, 0) is 22.6 Å². The highest BCUT2D eigenvalue weighted by Gasteiger charge is 2.29. The summed E-state index contributed by atoms with van der Waals surface area (Å²) >= 11 is 7.61. The number of carbonyl (C=O) groups excluding carboxylic acids is 2. The number of hydrogen-bond acceptors (Lipinski definition) is 3. The van der Waals surface area contributed by atoms with Crippen molar-refractivity contribution in [1.82, 2.24) is 10.2 Å². The zero-order valence-corrected chi connectivity index (χ0v) is 21.3. The average Bonchev–Trinajstić information content (AvgIpc) is 2.87. The van der Waals surface area contributed by atoms with Crippen molar-refractivity contribution in [3.63, 3.8) is 0 Å². The van der Waals surface area contributed by atoms with Gasteiger partial charge in [-0.05, 0) is 66.6 Å². The van der Waals surface area contributed by atoms with E-state index in [-0.39, 0.29) is 24.2 Å². The van der Waals surface area contributed by atoms with E-state index >= 15 is 0 Å². The molecule has 1 atom stereocenters. The van der Waals surface area contributed by atoms with E-state index in [0.717, 1.165) is 21.8 Å². The summed E-state index contributed by atoms with van der Waals surface area (Å²) in [6.45, 7) is 2.57. The molecule has 0 fully saturated rings. The van der Waals surface area contributed by atoms with Gasteiger partial charge in [-0.15, -0.1) is 11.8 Å². The Hall–Kier alpha value is -2.83. The van der Waals surface area contributed by atoms with Gasteiger partial charge in [0.2, 0.25) is 11.8 Å². The molecule has 4 nitrogen and oxygen atoms in total. The van der Waals surface area contributed by atoms with E-state index in [1.165, 1.54) is 12.1 Å². The van der Waals surface area contributed by atoms with Crippen LogP contribution in [0.1, 0.15) is 30.9 Å². The van der Waals surface area contributed by atoms with Crippen LogP contribution >= 0.6 is 23.4 Å². The number of amides is 2. The second-order valence-electron chi connectivity index (χ2n) is 8.15. The molecular weight excluding hydrogens is 483 g/mol. The summed E-state index contributed by atoms with van der Waals surface area (Å²) < 4.78 is 13.5. The maximum absolute atomic E-state index is 13.5. The Kier molecular flexibility index (Phi) is 10.6. The Morgan fingerprint density at radius 3 is 2.31 bits per heavy atom. The maximum atomic E-state index is 13.5. The van der Waals surface area contributed by atoms with E-state index in [1.54, 1.807) is 28.8 Å². The third-order valence-electron chi connectivity index (χ3n) is 5.51. The fraction of sp³-hybridized carbons (Fsp3) is 0.286. The van der Waals surface area contributed by atoms with Gasteiger partial charge in [-0.3, -0.25) is 9.59 Å². The molecule has 0 spiro atoms. The first kappa shape index (κ1) is 26.8. The van der Waals surface area contributed by atoms with Crippen LogP contribution in [0.15, 0.2) is 83.8 Å². The average molecular weight is 513 g/mol. The lowest BCUT2D eigenvalue weighted by Gasteiger charge is -2.31. The Labute approximate surface area is 215 Å². The topological polar surface area (TPSA) is 49.4 Å². The van der Waals surface area contributed by atoms with Crippen molar-refractivity contribution < 1.29 is 14.0 Å². The zero-order valence-electron chi connectivity index (χ0n) is 19.8. The fourth-order valence-corrected chi connectivity index (χ4v) is 4.70. The van der Waals surface area contributed by atoms with Gasteiger partial charge < -0.3 is 10.2 Å². The molecule has 0 saturated carbocycles. The van der Waals surface area contributed by atoms with Crippen molar-refractivity contribution in [3.8, 4) is 0 Å². The highest BCUT2D eigenvalue weighted by molar-refractivity contribution is 7.99. The molecule has 3 aromatic rings. The van der Waals surface area contributed by atoms with E-state index in [1.807, 2.05) is 61.5 Å². The lowest BCUT2D eigenvalue weighted by atomic mass is 10.0. The third kappa shape index (κ3) is 8.71. The van der Waals surface area contributed by atoms with Gasteiger partial charge in [-0.25, -0.2) is 4.39 Å². The van der Waals surface area contributed by atoms with E-state index in [2.05, 4.69) is 5.32 Å². The van der Waals surface area contributed by atoms with Crippen molar-refractivity contribution in [2.75, 3.05) is 12.3 Å². The zero-order chi connectivity index (χ0) is 25.0. The fourth-order valence-electron chi connectivity index (χ4n) is 3.72. The number of nitrogens with one attached hydrogen (secondary N) is 1. The molecule has 7 heteroatoms. The predicted octanol–water partition coefficient (Wildman–Crippen LogP) is 6.13. The van der Waals surface area contributed by atoms with Gasteiger partial charge in [0.1, 0.15) is 11.9 Å². The van der Waals surface area contributed by atoms with Crippen LogP contribution in [0.25, 0.3) is 0 Å². The number of hydrogen-bond donors (Lipinski definition) is 1. The van der Waals surface area contributed by atoms with Crippen LogP contribution in [0.5, 0.6) is 0 Å². The smallest absolute Gasteiger partial charge is 0.243 e. The Morgan fingerprint density at radius 2 is 1.66 bits per heavy atom. The lowest BCUT2D eigenvalue weighted by Crippen LogP contribution is -2.50. The molecule has 184 valence electrons. The predicted molar refractivity (Wildman–Crippen MR) is 141 cm³/mol. The van der Waals surface area contributed by atoms with E-state index in [4.69, 9.17) is 11.6 Å². The molecule has 0 radical (unpaired) electrons. The summed E-state index contributed by atoms with van der Waals surface area (Å²) in [4.78, 5) is 29.3. The van der Waals surface area contributed by atoms with Gasteiger partial charge >= 0.3 is 0 Å². The van der Waals surface area contributed by atoms with E-state index in [9.17, 15) is 14.0 Å². The van der Waals surface area contributed by atoms with E-state index in [0.29, 0.717) is 30.8 Å². The molecule has 0 aliphatic rings. The molecule has 0 unspecified atom stereocenters. The highest BCUT2D eigenvalue weighted by Crippen LogP contribution is 2.22. The molecule has 0 heterocycles. The number of halogens is 2. The third-order valence-corrected chi connectivity index (χ3v) is 6.86. The van der Waals surface area contributed by atoms with Crippen LogP contribution in [0.4, 0.5) is 4.39 Å². The van der Waals surface area contributed by atoms with E-state index < -0.39 is 6.04 Å². The maximum Gasteiger partial charge on any atom is 0.243 e. The summed E-state index contributed by atoms with van der Waals surface area (Å²) in [5.41, 5.74) is 1.75. The van der Waals surface area contributed by atoms with Crippen LogP contribution in [-0.4, -0.2) is 35.1 Å². The number of nitrogens with zero attached hydrogens (tertiary/aromatic N) is 1. The molecule has 1 N–H and O–H groups in total. The van der Waals surface area contributed by atoms with Crippen LogP contribution in [0, 0.1) is 5.82 Å². The van der Waals surface area contributed by atoms with Gasteiger partial charge in [-0.1, -0.05) is 54.1 Å². The summed E-state index contributed by atoms with van der Waals surface area (Å²) in [5, 5.41) is 3.57. The number of likely N-dealkylation sites (N-methyl/N-ethyl adjacent to an activating group) is 1. The Balaban J connectivity index is 1.75. The minimum atomic E-state index is -0.668. The molecule has 0 aliphatic carbocycles. The minimum Gasteiger partial charge on any atom is -0.355 e. The van der Waals surface area contributed by atoms with Crippen LogP contribution < -0.4 is 5.32 Å². The number of carbonyl (C=O) groups is 2. The minimum absolute atomic E-state index is 0.0989. The standard InChI is InChI=1S/C28H30ClFN2O2S/c1-2-31-28(34)26(19-21-7-4-3-5-8-21)32(20-22-10-14-24(30)15-11-22)27(33)9-6-18-35-25-16-12-23(29)13-17-25/h3-5,7-8,10-17,26H,2,6,9,18-20H2,1H3,(H,31,34)/t26-/m1/s1. The van der Waals surface area contributed by atoms with Gasteiger partial charge in [0, 0.05) is 35.8 Å². The molecule has 0 saturated heterocycles. The van der Waals surface area contributed by atoms with Crippen molar-refractivity contribution in [1.29, 1.82) is 0 Å². The van der Waals surface area contributed by atoms with Crippen molar-refractivity contribution >= 4 is 35.2 Å². The monoisotopic (exact) mass is 512 g/mol. The Bertz CT molecular complexity index is 1080. The second-order valence-corrected chi connectivity index (χ2v) is 9.76. The van der Waals surface area contributed by atoms with Crippen LogP contribution in [0.3, 0.4) is 0 Å². The molecule has 0 aliphatic heterocycles. The van der Waals surface area contributed by atoms with Crippen molar-refractivity contribution in [2.24, 2.45) is 0 Å². The normalized spacial score (nSPS) is 11.6. The first-order valence-corrected chi connectivity index (χ1v) is 13.1. The van der Waals surface area contributed by atoms with Crippen LogP contribution in [0.2, 0.25) is 5.02 Å². The summed E-state index contributed by atoms with van der Waals surface area (Å²) in [5.74, 6) is 0.137. The molecule has 2 amide bonds. The van der Waals surface area contributed by atoms with Gasteiger partial charge in [0.15, 0.2) is 0 Å². The van der Waals surface area contributed by atoms with Gasteiger partial charge in [-0.2, -0.15) is 0 Å². The lowest BCUT2D eigenvalue weighted by molar-refractivity contribution is -0.141. The number of benzene rings is 3. The SMILES string of the molecule is CCNC(=O)[C@@H](Cc1ccccc1)N(Cc1ccc(F)cc1)C(=O)CCCSc1ccc(Cl)cc1. The van der Waals surface area contributed by atoms with Crippen molar-refractivity contribution in [2.45, 2.75) is 43.7 Å². The Morgan fingerprint density at radius 1 is 0.971 bits per heavy atom. The molecular formula is C28H30ClFN2O2S. The molecule has 0 aromatic heterocycles. The van der Waals surface area contributed by atoms with Crippen molar-refractivity contribution in [3.05, 3.63) is 101 Å². The number of thioether (sulfide) groups is 1.